The van der Waals surface area contributed by atoms with Gasteiger partial charge in [-0.3, -0.25) is 4.79 Å². The number of aryl methyl sites for hydroxylation is 1. The first-order valence-corrected chi connectivity index (χ1v) is 6.63. The van der Waals surface area contributed by atoms with Crippen molar-refractivity contribution in [2.24, 2.45) is 0 Å². The molecule has 2 rings (SSSR count). The van der Waals surface area contributed by atoms with Gasteiger partial charge < -0.3 is 10.2 Å². The molecule has 1 aliphatic rings. The molecule has 2 N–H and O–H groups in total. The van der Waals surface area contributed by atoms with E-state index in [9.17, 15) is 9.90 Å². The highest BCUT2D eigenvalue weighted by molar-refractivity contribution is 5.83. The Hall–Kier alpha value is -1.35. The average Bonchev–Trinajstić information content (AvgIpc) is 2.75. The number of aliphatic carboxylic acids is 1. The molecule has 1 unspecified atom stereocenters. The summed E-state index contributed by atoms with van der Waals surface area (Å²) < 4.78 is 0. The third-order valence-electron chi connectivity index (χ3n) is 4.03. The van der Waals surface area contributed by atoms with Gasteiger partial charge in [0, 0.05) is 6.61 Å². The van der Waals surface area contributed by atoms with Gasteiger partial charge in [0.1, 0.15) is 0 Å². The van der Waals surface area contributed by atoms with Gasteiger partial charge in [-0.05, 0) is 36.8 Å². The fraction of sp³-hybridized carbons (Fsp3) is 0.533. The second-order valence-corrected chi connectivity index (χ2v) is 5.08. The van der Waals surface area contributed by atoms with Gasteiger partial charge in [-0.25, -0.2) is 0 Å². The summed E-state index contributed by atoms with van der Waals surface area (Å²) >= 11 is 0. The molecule has 1 aliphatic carbocycles. The minimum Gasteiger partial charge on any atom is -0.481 e. The molecule has 98 valence electrons. The van der Waals surface area contributed by atoms with Crippen LogP contribution in [0, 0.1) is 0 Å². The molecule has 0 saturated carbocycles. The highest BCUT2D eigenvalue weighted by Gasteiger charge is 2.44. The summed E-state index contributed by atoms with van der Waals surface area (Å²) in [6, 6.07) is 7.90. The van der Waals surface area contributed by atoms with Gasteiger partial charge in [0.15, 0.2) is 0 Å². The highest BCUT2D eigenvalue weighted by Crippen LogP contribution is 2.42. The van der Waals surface area contributed by atoms with Crippen molar-refractivity contribution < 1.29 is 15.0 Å². The highest BCUT2D eigenvalue weighted by atomic mass is 16.4. The molecule has 0 aromatic heterocycles. The maximum atomic E-state index is 11.7. The van der Waals surface area contributed by atoms with Crippen LogP contribution in [-0.2, 0) is 16.6 Å². The number of hydrogen-bond donors (Lipinski definition) is 2. The van der Waals surface area contributed by atoms with Gasteiger partial charge >= 0.3 is 5.97 Å². The fourth-order valence-corrected chi connectivity index (χ4v) is 2.99. The Kier molecular flexibility index (Phi) is 4.02. The van der Waals surface area contributed by atoms with E-state index in [4.69, 9.17) is 5.11 Å². The van der Waals surface area contributed by atoms with Gasteiger partial charge in [0.2, 0.25) is 0 Å². The largest absolute Gasteiger partial charge is 0.481 e. The summed E-state index contributed by atoms with van der Waals surface area (Å²) in [7, 11) is 0. The lowest BCUT2D eigenvalue weighted by molar-refractivity contribution is -0.144. The number of carbonyl (C=O) groups is 1. The number of unbranched alkanes of at least 4 members (excludes halogenated alkanes) is 2. The topological polar surface area (TPSA) is 57.5 Å². The van der Waals surface area contributed by atoms with Crippen LogP contribution in [0.4, 0.5) is 0 Å². The van der Waals surface area contributed by atoms with E-state index in [2.05, 4.69) is 0 Å². The Balaban J connectivity index is 2.17. The van der Waals surface area contributed by atoms with Crippen LogP contribution in [0.5, 0.6) is 0 Å². The summed E-state index contributed by atoms with van der Waals surface area (Å²) in [5, 5.41) is 18.4. The van der Waals surface area contributed by atoms with E-state index in [1.165, 1.54) is 5.56 Å². The standard InChI is InChI=1S/C15H20O3/c16-11-5-1-4-9-15(14(17)18)10-8-12-6-2-3-7-13(12)15/h2-3,6-7,16H,1,4-5,8-11H2,(H,17,18). The molecule has 0 radical (unpaired) electrons. The minimum atomic E-state index is -0.698. The van der Waals surface area contributed by atoms with E-state index >= 15 is 0 Å². The van der Waals surface area contributed by atoms with E-state index in [-0.39, 0.29) is 6.61 Å². The Morgan fingerprint density at radius 3 is 2.72 bits per heavy atom. The van der Waals surface area contributed by atoms with Crippen molar-refractivity contribution in [3.8, 4) is 0 Å². The quantitative estimate of drug-likeness (QED) is 0.760. The van der Waals surface area contributed by atoms with E-state index in [0.29, 0.717) is 12.8 Å². The molecule has 3 nitrogen and oxygen atoms in total. The summed E-state index contributed by atoms with van der Waals surface area (Å²) in [5.74, 6) is -0.698. The molecule has 0 bridgehead atoms. The zero-order valence-electron chi connectivity index (χ0n) is 10.6. The molecule has 0 saturated heterocycles. The third kappa shape index (κ3) is 2.27. The smallest absolute Gasteiger partial charge is 0.314 e. The van der Waals surface area contributed by atoms with Crippen molar-refractivity contribution >= 4 is 5.97 Å². The number of carboxylic acid groups (broad SMARTS) is 1. The molecule has 18 heavy (non-hydrogen) atoms. The van der Waals surface area contributed by atoms with Crippen molar-refractivity contribution in [3.05, 3.63) is 35.4 Å². The Labute approximate surface area is 107 Å². The molecule has 0 heterocycles. The number of rotatable bonds is 6. The van der Waals surface area contributed by atoms with Crippen LogP contribution in [0.3, 0.4) is 0 Å². The summed E-state index contributed by atoms with van der Waals surface area (Å²) in [5.41, 5.74) is 1.50. The van der Waals surface area contributed by atoms with Crippen molar-refractivity contribution in [1.82, 2.24) is 0 Å². The predicted molar refractivity (Wildman–Crippen MR) is 69.6 cm³/mol. The SMILES string of the molecule is O=C(O)C1(CCCCCO)CCc2ccccc21. The third-order valence-corrected chi connectivity index (χ3v) is 4.03. The minimum absolute atomic E-state index is 0.191. The molecular formula is C15H20O3. The van der Waals surface area contributed by atoms with Gasteiger partial charge in [-0.1, -0.05) is 37.1 Å². The zero-order valence-corrected chi connectivity index (χ0v) is 10.6. The fourth-order valence-electron chi connectivity index (χ4n) is 2.99. The van der Waals surface area contributed by atoms with Gasteiger partial charge in [-0.2, -0.15) is 0 Å². The first-order chi connectivity index (χ1) is 8.70. The molecule has 0 amide bonds. The maximum absolute atomic E-state index is 11.7. The number of hydrogen-bond acceptors (Lipinski definition) is 2. The number of aliphatic hydroxyl groups is 1. The van der Waals surface area contributed by atoms with Crippen LogP contribution in [0.1, 0.15) is 43.2 Å². The summed E-state index contributed by atoms with van der Waals surface area (Å²) in [6.07, 6.45) is 4.77. The lowest BCUT2D eigenvalue weighted by Crippen LogP contribution is -2.33. The van der Waals surface area contributed by atoms with E-state index in [1.54, 1.807) is 0 Å². The second kappa shape index (κ2) is 5.53. The van der Waals surface area contributed by atoms with Crippen LogP contribution in [0.2, 0.25) is 0 Å². The van der Waals surface area contributed by atoms with E-state index in [1.807, 2.05) is 24.3 Å². The number of fused-ring (bicyclic) bond motifs is 1. The molecule has 1 atom stereocenters. The summed E-state index contributed by atoms with van der Waals surface area (Å²) in [6.45, 7) is 0.191. The van der Waals surface area contributed by atoms with Crippen LogP contribution >= 0.6 is 0 Å². The van der Waals surface area contributed by atoms with Crippen LogP contribution in [-0.4, -0.2) is 22.8 Å². The average molecular weight is 248 g/mol. The first-order valence-electron chi connectivity index (χ1n) is 6.63. The van der Waals surface area contributed by atoms with Gasteiger partial charge in [0.05, 0.1) is 5.41 Å². The van der Waals surface area contributed by atoms with Gasteiger partial charge in [-0.15, -0.1) is 0 Å². The van der Waals surface area contributed by atoms with Crippen molar-refractivity contribution in [2.75, 3.05) is 6.61 Å². The van der Waals surface area contributed by atoms with Crippen molar-refractivity contribution in [3.63, 3.8) is 0 Å². The second-order valence-electron chi connectivity index (χ2n) is 5.08. The Bertz CT molecular complexity index is 428. The molecule has 1 aromatic carbocycles. The van der Waals surface area contributed by atoms with Crippen LogP contribution < -0.4 is 0 Å². The molecule has 1 aromatic rings. The molecule has 3 heteroatoms. The molecular weight excluding hydrogens is 228 g/mol. The summed E-state index contributed by atoms with van der Waals surface area (Å²) in [4.78, 5) is 11.7. The van der Waals surface area contributed by atoms with E-state index < -0.39 is 11.4 Å². The molecule has 0 spiro atoms. The van der Waals surface area contributed by atoms with Crippen LogP contribution in [0.25, 0.3) is 0 Å². The lowest BCUT2D eigenvalue weighted by atomic mass is 9.77. The zero-order chi connectivity index (χ0) is 13.0. The Morgan fingerprint density at radius 2 is 2.00 bits per heavy atom. The van der Waals surface area contributed by atoms with Crippen molar-refractivity contribution in [2.45, 2.75) is 43.9 Å². The first kappa shape index (κ1) is 13.1. The molecule has 0 fully saturated rings. The number of carboxylic acids is 1. The van der Waals surface area contributed by atoms with E-state index in [0.717, 1.165) is 31.2 Å². The van der Waals surface area contributed by atoms with Crippen LogP contribution in [0.15, 0.2) is 24.3 Å². The normalized spacial score (nSPS) is 21.8. The molecule has 0 aliphatic heterocycles. The van der Waals surface area contributed by atoms with Crippen molar-refractivity contribution in [1.29, 1.82) is 0 Å². The Morgan fingerprint density at radius 1 is 1.22 bits per heavy atom. The predicted octanol–water partition coefficient (Wildman–Crippen LogP) is 2.51. The van der Waals surface area contributed by atoms with Gasteiger partial charge in [0.25, 0.3) is 0 Å². The number of benzene rings is 1. The maximum Gasteiger partial charge on any atom is 0.314 e. The monoisotopic (exact) mass is 248 g/mol. The lowest BCUT2D eigenvalue weighted by Gasteiger charge is -2.25. The number of aliphatic hydroxyl groups excluding tert-OH is 1.